The van der Waals surface area contributed by atoms with E-state index < -0.39 is 5.97 Å². The van der Waals surface area contributed by atoms with Gasteiger partial charge in [0.1, 0.15) is 0 Å². The van der Waals surface area contributed by atoms with E-state index in [2.05, 4.69) is 24.1 Å². The van der Waals surface area contributed by atoms with Crippen molar-refractivity contribution in [3.8, 4) is 0 Å². The van der Waals surface area contributed by atoms with Crippen molar-refractivity contribution in [3.63, 3.8) is 0 Å². The first-order chi connectivity index (χ1) is 9.69. The lowest BCUT2D eigenvalue weighted by Crippen LogP contribution is -2.48. The molecule has 1 fully saturated rings. The number of amides is 2. The fourth-order valence-electron chi connectivity index (χ4n) is 2.93. The van der Waals surface area contributed by atoms with Gasteiger partial charge < -0.3 is 20.2 Å². The molecule has 2 amide bonds. The molecule has 0 bridgehead atoms. The molecular weight excluding hydrogens is 270 g/mol. The Bertz CT molecular complexity index is 361. The summed E-state index contributed by atoms with van der Waals surface area (Å²) in [6.07, 6.45) is 1.77. The van der Waals surface area contributed by atoms with E-state index in [0.29, 0.717) is 19.6 Å². The molecule has 0 aromatic carbocycles. The highest BCUT2D eigenvalue weighted by Gasteiger charge is 2.26. The molecule has 122 valence electrons. The lowest BCUT2D eigenvalue weighted by atomic mass is 9.92. The SMILES string of the molecule is CN(C)CC(C)(C)CNC(=O)N1CCC(CC(=O)O)CC1. The second-order valence-electron chi connectivity index (χ2n) is 7.09. The molecule has 1 saturated heterocycles. The monoisotopic (exact) mass is 299 g/mol. The van der Waals surface area contributed by atoms with Crippen molar-refractivity contribution >= 4 is 12.0 Å². The van der Waals surface area contributed by atoms with E-state index in [4.69, 9.17) is 5.11 Å². The lowest BCUT2D eigenvalue weighted by molar-refractivity contribution is -0.138. The normalized spacial score (nSPS) is 17.1. The molecule has 0 unspecified atom stereocenters. The number of carboxylic acids is 1. The number of carbonyl (C=O) groups is 2. The van der Waals surface area contributed by atoms with Crippen LogP contribution in [0.15, 0.2) is 0 Å². The first-order valence-electron chi connectivity index (χ1n) is 7.59. The highest BCUT2D eigenvalue weighted by molar-refractivity contribution is 5.74. The second-order valence-corrected chi connectivity index (χ2v) is 7.09. The van der Waals surface area contributed by atoms with Gasteiger partial charge in [0.05, 0.1) is 0 Å². The number of hydrogen-bond donors (Lipinski definition) is 2. The molecule has 0 atom stereocenters. The molecule has 21 heavy (non-hydrogen) atoms. The van der Waals surface area contributed by atoms with Crippen LogP contribution in [0.3, 0.4) is 0 Å². The molecule has 0 aromatic heterocycles. The van der Waals surface area contributed by atoms with Gasteiger partial charge in [-0.25, -0.2) is 4.79 Å². The van der Waals surface area contributed by atoms with Gasteiger partial charge in [0, 0.05) is 32.6 Å². The van der Waals surface area contributed by atoms with Gasteiger partial charge in [0.25, 0.3) is 0 Å². The summed E-state index contributed by atoms with van der Waals surface area (Å²) in [4.78, 5) is 26.7. The zero-order valence-corrected chi connectivity index (χ0v) is 13.7. The predicted molar refractivity (Wildman–Crippen MR) is 82.3 cm³/mol. The number of rotatable bonds is 6. The third-order valence-electron chi connectivity index (χ3n) is 3.83. The zero-order chi connectivity index (χ0) is 16.0. The van der Waals surface area contributed by atoms with Gasteiger partial charge in [-0.3, -0.25) is 4.79 Å². The van der Waals surface area contributed by atoms with Crippen molar-refractivity contribution in [3.05, 3.63) is 0 Å². The first kappa shape index (κ1) is 17.8. The highest BCUT2D eigenvalue weighted by Crippen LogP contribution is 2.21. The van der Waals surface area contributed by atoms with Gasteiger partial charge in [-0.1, -0.05) is 13.8 Å². The number of nitrogens with zero attached hydrogens (tertiary/aromatic N) is 2. The minimum atomic E-state index is -0.747. The molecule has 1 rings (SSSR count). The van der Waals surface area contributed by atoms with Crippen molar-refractivity contribution < 1.29 is 14.7 Å². The Balaban J connectivity index is 2.32. The highest BCUT2D eigenvalue weighted by atomic mass is 16.4. The number of carboxylic acid groups (broad SMARTS) is 1. The Hall–Kier alpha value is -1.30. The third kappa shape index (κ3) is 6.80. The fourth-order valence-corrected chi connectivity index (χ4v) is 2.93. The van der Waals surface area contributed by atoms with Crippen molar-refractivity contribution in [2.45, 2.75) is 33.1 Å². The average Bonchev–Trinajstić information content (AvgIpc) is 2.34. The summed E-state index contributed by atoms with van der Waals surface area (Å²) in [5, 5.41) is 11.8. The van der Waals surface area contributed by atoms with Gasteiger partial charge in [-0.15, -0.1) is 0 Å². The average molecular weight is 299 g/mol. The van der Waals surface area contributed by atoms with Crippen molar-refractivity contribution in [2.24, 2.45) is 11.3 Å². The minimum absolute atomic E-state index is 0.0286. The van der Waals surface area contributed by atoms with Crippen molar-refractivity contribution in [2.75, 3.05) is 40.3 Å². The number of piperidine rings is 1. The van der Waals surface area contributed by atoms with E-state index in [-0.39, 0.29) is 23.8 Å². The maximum atomic E-state index is 12.1. The third-order valence-corrected chi connectivity index (χ3v) is 3.83. The summed E-state index contributed by atoms with van der Waals surface area (Å²) in [7, 11) is 4.05. The zero-order valence-electron chi connectivity index (χ0n) is 13.7. The summed E-state index contributed by atoms with van der Waals surface area (Å²) in [6, 6.07) is -0.0318. The molecule has 1 aliphatic rings. The van der Waals surface area contributed by atoms with Crippen LogP contribution in [0.5, 0.6) is 0 Å². The predicted octanol–water partition coefficient (Wildman–Crippen LogP) is 1.47. The lowest BCUT2D eigenvalue weighted by Gasteiger charge is -2.33. The van der Waals surface area contributed by atoms with Gasteiger partial charge >= 0.3 is 12.0 Å². The smallest absolute Gasteiger partial charge is 0.317 e. The van der Waals surface area contributed by atoms with E-state index in [1.54, 1.807) is 4.90 Å². The van der Waals surface area contributed by atoms with Gasteiger partial charge in [0.15, 0.2) is 0 Å². The molecular formula is C15H29N3O3. The van der Waals surface area contributed by atoms with E-state index in [1.807, 2.05) is 14.1 Å². The quantitative estimate of drug-likeness (QED) is 0.779. The molecule has 6 nitrogen and oxygen atoms in total. The number of aliphatic carboxylic acids is 1. The van der Waals surface area contributed by atoms with Crippen LogP contribution in [0.4, 0.5) is 4.79 Å². The number of nitrogens with one attached hydrogen (secondary N) is 1. The van der Waals surface area contributed by atoms with Gasteiger partial charge in [-0.05, 0) is 38.3 Å². The van der Waals surface area contributed by atoms with Crippen LogP contribution < -0.4 is 5.32 Å². The van der Waals surface area contributed by atoms with Crippen LogP contribution in [0.1, 0.15) is 33.1 Å². The molecule has 0 radical (unpaired) electrons. The Morgan fingerprint density at radius 1 is 1.29 bits per heavy atom. The minimum Gasteiger partial charge on any atom is -0.481 e. The van der Waals surface area contributed by atoms with Crippen molar-refractivity contribution in [1.82, 2.24) is 15.1 Å². The maximum absolute atomic E-state index is 12.1. The van der Waals surface area contributed by atoms with Crippen LogP contribution in [-0.4, -0.2) is 67.2 Å². The molecule has 1 aliphatic heterocycles. The topological polar surface area (TPSA) is 72.9 Å². The number of carbonyl (C=O) groups excluding carboxylic acids is 1. The summed E-state index contributed by atoms with van der Waals surface area (Å²) < 4.78 is 0. The largest absolute Gasteiger partial charge is 0.481 e. The summed E-state index contributed by atoms with van der Waals surface area (Å²) in [6.45, 7) is 7.11. The fraction of sp³-hybridized carbons (Fsp3) is 0.867. The summed E-state index contributed by atoms with van der Waals surface area (Å²) >= 11 is 0. The van der Waals surface area contributed by atoms with Crippen LogP contribution in [-0.2, 0) is 4.79 Å². The Morgan fingerprint density at radius 2 is 1.86 bits per heavy atom. The van der Waals surface area contributed by atoms with Crippen LogP contribution in [0, 0.1) is 11.3 Å². The molecule has 0 spiro atoms. The van der Waals surface area contributed by atoms with E-state index in [0.717, 1.165) is 19.4 Å². The van der Waals surface area contributed by atoms with Gasteiger partial charge in [-0.2, -0.15) is 0 Å². The number of hydrogen-bond acceptors (Lipinski definition) is 3. The Labute approximate surface area is 127 Å². The van der Waals surface area contributed by atoms with Crippen LogP contribution >= 0.6 is 0 Å². The Kier molecular flexibility index (Phi) is 6.45. The van der Waals surface area contributed by atoms with Gasteiger partial charge in [0.2, 0.25) is 0 Å². The molecule has 0 saturated carbocycles. The molecule has 0 aliphatic carbocycles. The molecule has 6 heteroatoms. The number of likely N-dealkylation sites (tertiary alicyclic amines) is 1. The molecule has 2 N–H and O–H groups in total. The van der Waals surface area contributed by atoms with E-state index in [1.165, 1.54) is 0 Å². The van der Waals surface area contributed by atoms with E-state index in [9.17, 15) is 9.59 Å². The number of urea groups is 1. The van der Waals surface area contributed by atoms with Crippen LogP contribution in [0.2, 0.25) is 0 Å². The summed E-state index contributed by atoms with van der Waals surface area (Å²) in [5.41, 5.74) is 0.0286. The van der Waals surface area contributed by atoms with Crippen LogP contribution in [0.25, 0.3) is 0 Å². The Morgan fingerprint density at radius 3 is 2.33 bits per heavy atom. The maximum Gasteiger partial charge on any atom is 0.317 e. The molecule has 0 aromatic rings. The molecule has 1 heterocycles. The standard InChI is InChI=1S/C15H29N3O3/c1-15(2,11-17(3)4)10-16-14(21)18-7-5-12(6-8-18)9-13(19)20/h12H,5-11H2,1-4H3,(H,16,21)(H,19,20). The summed E-state index contributed by atoms with van der Waals surface area (Å²) in [5.74, 6) is -0.542. The van der Waals surface area contributed by atoms with Crippen molar-refractivity contribution in [1.29, 1.82) is 0 Å². The second kappa shape index (κ2) is 7.64. The van der Waals surface area contributed by atoms with E-state index >= 15 is 0 Å². The first-order valence-corrected chi connectivity index (χ1v) is 7.59.